The van der Waals surface area contributed by atoms with Crippen LogP contribution in [0.3, 0.4) is 0 Å². The summed E-state index contributed by atoms with van der Waals surface area (Å²) < 4.78 is 5.51. The van der Waals surface area contributed by atoms with E-state index >= 15 is 0 Å². The molecule has 28 heavy (non-hydrogen) atoms. The van der Waals surface area contributed by atoms with Gasteiger partial charge in [0.05, 0.1) is 0 Å². The van der Waals surface area contributed by atoms with Gasteiger partial charge in [0, 0.05) is 18.3 Å². The van der Waals surface area contributed by atoms with E-state index in [4.69, 9.17) is 10.5 Å². The highest BCUT2D eigenvalue weighted by Crippen LogP contribution is 2.18. The van der Waals surface area contributed by atoms with Gasteiger partial charge in [0.25, 0.3) is 5.91 Å². The number of guanidine groups is 1. The van der Waals surface area contributed by atoms with Crippen LogP contribution in [-0.2, 0) is 11.2 Å². The lowest BCUT2D eigenvalue weighted by Crippen LogP contribution is -2.30. The molecule has 6 nitrogen and oxygen atoms in total. The quantitative estimate of drug-likeness (QED) is 0.485. The largest absolute Gasteiger partial charge is 0.484 e. The number of aliphatic imine (C=N–C) groups is 1. The topological polar surface area (TPSA) is 88.7 Å². The van der Waals surface area contributed by atoms with E-state index in [2.05, 4.69) is 41.6 Å². The van der Waals surface area contributed by atoms with Crippen LogP contribution in [0.25, 0.3) is 0 Å². The van der Waals surface area contributed by atoms with Crippen molar-refractivity contribution in [2.75, 3.05) is 18.5 Å². The molecular formula is C22H28N4O2. The van der Waals surface area contributed by atoms with Gasteiger partial charge < -0.3 is 21.1 Å². The van der Waals surface area contributed by atoms with Crippen molar-refractivity contribution in [2.45, 2.75) is 39.2 Å². The van der Waals surface area contributed by atoms with Crippen LogP contribution in [0.4, 0.5) is 5.69 Å². The van der Waals surface area contributed by atoms with E-state index in [1.54, 1.807) is 0 Å². The number of nitrogens with zero attached hydrogens (tertiary/aromatic N) is 1. The molecule has 0 atom stereocenters. The number of benzene rings is 2. The molecule has 0 unspecified atom stereocenters. The molecule has 0 heterocycles. The smallest absolute Gasteiger partial charge is 0.258 e. The summed E-state index contributed by atoms with van der Waals surface area (Å²) in [5.74, 6) is 1.03. The standard InChI is InChI=1S/C22H28N4O2/c1-15-3-6-19(13-16(15)2)26-22(23)24-12-11-17-4-9-20(10-5-17)28-14-21(27)25-18-7-8-18/h3-6,9-10,13,18H,7-8,11-12,14H2,1-2H3,(H,25,27)(H3,23,24,26). The number of carbonyl (C=O) groups excluding carboxylic acids is 1. The summed E-state index contributed by atoms with van der Waals surface area (Å²) in [5.41, 5.74) is 10.5. The lowest BCUT2D eigenvalue weighted by molar-refractivity contribution is -0.123. The highest BCUT2D eigenvalue weighted by atomic mass is 16.5. The van der Waals surface area contributed by atoms with Gasteiger partial charge in [0.1, 0.15) is 5.75 Å². The van der Waals surface area contributed by atoms with Crippen molar-refractivity contribution in [3.05, 3.63) is 59.2 Å². The molecule has 3 rings (SSSR count). The lowest BCUT2D eigenvalue weighted by atomic mass is 10.1. The molecule has 1 amide bonds. The van der Waals surface area contributed by atoms with E-state index in [0.717, 1.165) is 30.5 Å². The SMILES string of the molecule is Cc1ccc(NC(N)=NCCc2ccc(OCC(=O)NC3CC3)cc2)cc1C. The molecule has 6 heteroatoms. The molecular weight excluding hydrogens is 352 g/mol. The summed E-state index contributed by atoms with van der Waals surface area (Å²) in [6, 6.07) is 14.2. The molecule has 1 saturated carbocycles. The van der Waals surface area contributed by atoms with E-state index in [9.17, 15) is 4.79 Å². The summed E-state index contributed by atoms with van der Waals surface area (Å²) in [4.78, 5) is 16.0. The summed E-state index contributed by atoms with van der Waals surface area (Å²) >= 11 is 0. The van der Waals surface area contributed by atoms with Gasteiger partial charge in [-0.1, -0.05) is 18.2 Å². The van der Waals surface area contributed by atoms with Crippen molar-refractivity contribution in [3.8, 4) is 5.75 Å². The second-order valence-electron chi connectivity index (χ2n) is 7.22. The molecule has 1 fully saturated rings. The van der Waals surface area contributed by atoms with Crippen LogP contribution in [0.2, 0.25) is 0 Å². The maximum atomic E-state index is 11.6. The Balaban J connectivity index is 1.41. The molecule has 0 aliphatic heterocycles. The Morgan fingerprint density at radius 3 is 2.57 bits per heavy atom. The van der Waals surface area contributed by atoms with E-state index in [1.165, 1.54) is 11.1 Å². The predicted octanol–water partition coefficient (Wildman–Crippen LogP) is 2.93. The molecule has 0 radical (unpaired) electrons. The first-order chi connectivity index (χ1) is 13.5. The molecule has 148 valence electrons. The third kappa shape index (κ3) is 6.30. The van der Waals surface area contributed by atoms with Gasteiger partial charge in [0.2, 0.25) is 0 Å². The molecule has 1 aliphatic rings. The van der Waals surface area contributed by atoms with Crippen molar-refractivity contribution in [3.63, 3.8) is 0 Å². The molecule has 2 aromatic rings. The summed E-state index contributed by atoms with van der Waals surface area (Å²) in [6.07, 6.45) is 2.93. The van der Waals surface area contributed by atoms with E-state index in [0.29, 0.717) is 24.3 Å². The minimum Gasteiger partial charge on any atom is -0.484 e. The summed E-state index contributed by atoms with van der Waals surface area (Å²) in [5, 5.41) is 6.02. The average Bonchev–Trinajstić information content (AvgIpc) is 3.48. The molecule has 0 aromatic heterocycles. The number of carbonyl (C=O) groups is 1. The Kier molecular flexibility index (Phi) is 6.53. The Morgan fingerprint density at radius 2 is 1.89 bits per heavy atom. The Bertz CT molecular complexity index is 842. The van der Waals surface area contributed by atoms with E-state index < -0.39 is 0 Å². The van der Waals surface area contributed by atoms with Crippen molar-refractivity contribution >= 4 is 17.6 Å². The van der Waals surface area contributed by atoms with Gasteiger partial charge in [-0.15, -0.1) is 0 Å². The van der Waals surface area contributed by atoms with Crippen LogP contribution < -0.4 is 21.1 Å². The van der Waals surface area contributed by atoms with Crippen LogP contribution in [-0.4, -0.2) is 31.1 Å². The maximum absolute atomic E-state index is 11.6. The fourth-order valence-electron chi connectivity index (χ4n) is 2.71. The number of amides is 1. The predicted molar refractivity (Wildman–Crippen MR) is 113 cm³/mol. The molecule has 0 bridgehead atoms. The molecule has 1 aliphatic carbocycles. The second kappa shape index (κ2) is 9.26. The van der Waals surface area contributed by atoms with Crippen molar-refractivity contribution in [1.82, 2.24) is 5.32 Å². The van der Waals surface area contributed by atoms with Crippen molar-refractivity contribution in [2.24, 2.45) is 10.7 Å². The summed E-state index contributed by atoms with van der Waals surface area (Å²) in [6.45, 7) is 4.80. The number of rotatable bonds is 8. The van der Waals surface area contributed by atoms with Gasteiger partial charge in [-0.25, -0.2) is 0 Å². The first-order valence-corrected chi connectivity index (χ1v) is 9.65. The lowest BCUT2D eigenvalue weighted by Gasteiger charge is -2.09. The molecule has 0 saturated heterocycles. The number of ether oxygens (including phenoxy) is 1. The number of nitrogens with one attached hydrogen (secondary N) is 2. The first kappa shape index (κ1) is 19.7. The number of aryl methyl sites for hydroxylation is 2. The van der Waals surface area contributed by atoms with E-state index in [1.807, 2.05) is 30.3 Å². The van der Waals surface area contributed by atoms with Crippen molar-refractivity contribution < 1.29 is 9.53 Å². The second-order valence-corrected chi connectivity index (χ2v) is 7.22. The molecule has 2 aromatic carbocycles. The fourth-order valence-corrected chi connectivity index (χ4v) is 2.71. The molecule has 4 N–H and O–H groups in total. The minimum absolute atomic E-state index is 0.0564. The molecule has 0 spiro atoms. The fraction of sp³-hybridized carbons (Fsp3) is 0.364. The highest BCUT2D eigenvalue weighted by Gasteiger charge is 2.23. The maximum Gasteiger partial charge on any atom is 0.258 e. The van der Waals surface area contributed by atoms with Gasteiger partial charge in [0.15, 0.2) is 12.6 Å². The third-order valence-corrected chi connectivity index (χ3v) is 4.70. The third-order valence-electron chi connectivity index (χ3n) is 4.70. The van der Waals surface area contributed by atoms with Crippen LogP contribution >= 0.6 is 0 Å². The van der Waals surface area contributed by atoms with Crippen LogP contribution in [0.15, 0.2) is 47.5 Å². The van der Waals surface area contributed by atoms with Crippen LogP contribution in [0.5, 0.6) is 5.75 Å². The Labute approximate surface area is 166 Å². The zero-order valence-corrected chi connectivity index (χ0v) is 16.5. The number of hydrogen-bond acceptors (Lipinski definition) is 3. The van der Waals surface area contributed by atoms with Gasteiger partial charge >= 0.3 is 0 Å². The number of anilines is 1. The van der Waals surface area contributed by atoms with Gasteiger partial charge in [-0.2, -0.15) is 0 Å². The number of hydrogen-bond donors (Lipinski definition) is 3. The number of nitrogens with two attached hydrogens (primary N) is 1. The highest BCUT2D eigenvalue weighted by molar-refractivity contribution is 5.92. The Hall–Kier alpha value is -3.02. The van der Waals surface area contributed by atoms with E-state index in [-0.39, 0.29) is 12.5 Å². The van der Waals surface area contributed by atoms with Gasteiger partial charge in [-0.3, -0.25) is 9.79 Å². The monoisotopic (exact) mass is 380 g/mol. The first-order valence-electron chi connectivity index (χ1n) is 9.65. The van der Waals surface area contributed by atoms with Crippen molar-refractivity contribution in [1.29, 1.82) is 0 Å². The average molecular weight is 380 g/mol. The minimum atomic E-state index is -0.0624. The normalized spacial score (nSPS) is 13.9. The van der Waals surface area contributed by atoms with Crippen LogP contribution in [0, 0.1) is 13.8 Å². The zero-order chi connectivity index (χ0) is 19.9. The summed E-state index contributed by atoms with van der Waals surface area (Å²) in [7, 11) is 0. The van der Waals surface area contributed by atoms with Crippen LogP contribution in [0.1, 0.15) is 29.5 Å². The zero-order valence-electron chi connectivity index (χ0n) is 16.5. The Morgan fingerprint density at radius 1 is 1.14 bits per heavy atom. The van der Waals surface area contributed by atoms with Gasteiger partial charge in [-0.05, 0) is 74.1 Å².